The van der Waals surface area contributed by atoms with Crippen molar-refractivity contribution in [2.45, 2.75) is 24.7 Å². The third kappa shape index (κ3) is 4.83. The number of thioether (sulfide) groups is 1. The Kier molecular flexibility index (Phi) is 6.35. The molecule has 4 rings (SSSR count). The van der Waals surface area contributed by atoms with Gasteiger partial charge in [0.25, 0.3) is 0 Å². The average Bonchev–Trinajstić information content (AvgIpc) is 3.34. The van der Waals surface area contributed by atoms with Crippen molar-refractivity contribution in [3.8, 4) is 10.9 Å². The first kappa shape index (κ1) is 20.4. The van der Waals surface area contributed by atoms with E-state index in [1.54, 1.807) is 23.6 Å². The Bertz CT molecular complexity index is 1150. The van der Waals surface area contributed by atoms with Gasteiger partial charge in [-0.15, -0.1) is 11.8 Å². The molecule has 0 aliphatic rings. The number of benzene rings is 2. The lowest BCUT2D eigenvalue weighted by atomic mass is 10.3. The SMILES string of the molecule is COc1ccc2nc(-n3nc(C)cc3NC(=O)CCCSc3ccccc3)sc2c1. The fourth-order valence-electron chi connectivity index (χ4n) is 2.99. The number of carbonyl (C=O) groups is 1. The van der Waals surface area contributed by atoms with Crippen molar-refractivity contribution in [1.29, 1.82) is 0 Å². The van der Waals surface area contributed by atoms with Gasteiger partial charge in [0, 0.05) is 17.4 Å². The third-order valence-electron chi connectivity index (χ3n) is 4.42. The van der Waals surface area contributed by atoms with E-state index in [1.807, 2.05) is 49.4 Å². The number of aryl methyl sites for hydroxylation is 1. The van der Waals surface area contributed by atoms with Crippen molar-refractivity contribution in [3.05, 3.63) is 60.3 Å². The lowest BCUT2D eigenvalue weighted by Gasteiger charge is -2.06. The number of thiazole rings is 1. The number of nitrogens with zero attached hydrogens (tertiary/aromatic N) is 3. The van der Waals surface area contributed by atoms with E-state index in [2.05, 4.69) is 27.5 Å². The minimum atomic E-state index is -0.0207. The van der Waals surface area contributed by atoms with Crippen molar-refractivity contribution >= 4 is 45.0 Å². The highest BCUT2D eigenvalue weighted by Crippen LogP contribution is 2.30. The van der Waals surface area contributed by atoms with Crippen LogP contribution in [0.2, 0.25) is 0 Å². The Labute approximate surface area is 183 Å². The van der Waals surface area contributed by atoms with Gasteiger partial charge < -0.3 is 10.1 Å². The Hall–Kier alpha value is -2.84. The molecule has 30 heavy (non-hydrogen) atoms. The maximum Gasteiger partial charge on any atom is 0.225 e. The summed E-state index contributed by atoms with van der Waals surface area (Å²) in [6.45, 7) is 1.90. The smallest absolute Gasteiger partial charge is 0.225 e. The molecule has 2 aromatic carbocycles. The highest BCUT2D eigenvalue weighted by Gasteiger charge is 2.15. The van der Waals surface area contributed by atoms with E-state index in [1.165, 1.54) is 16.2 Å². The molecule has 1 amide bonds. The molecule has 154 valence electrons. The maximum atomic E-state index is 12.5. The zero-order valence-corrected chi connectivity index (χ0v) is 18.4. The van der Waals surface area contributed by atoms with E-state index in [9.17, 15) is 4.79 Å². The predicted molar refractivity (Wildman–Crippen MR) is 123 cm³/mol. The van der Waals surface area contributed by atoms with Crippen LogP contribution in [0.4, 0.5) is 5.82 Å². The molecule has 0 saturated carbocycles. The number of ether oxygens (including phenoxy) is 1. The topological polar surface area (TPSA) is 69.0 Å². The lowest BCUT2D eigenvalue weighted by Crippen LogP contribution is -2.14. The average molecular weight is 439 g/mol. The van der Waals surface area contributed by atoms with Crippen LogP contribution in [0.5, 0.6) is 5.75 Å². The summed E-state index contributed by atoms with van der Waals surface area (Å²) in [7, 11) is 1.64. The molecule has 0 unspecified atom stereocenters. The largest absolute Gasteiger partial charge is 0.497 e. The molecule has 0 atom stereocenters. The van der Waals surface area contributed by atoms with Gasteiger partial charge in [-0.3, -0.25) is 4.79 Å². The van der Waals surface area contributed by atoms with Gasteiger partial charge in [-0.2, -0.15) is 9.78 Å². The fourth-order valence-corrected chi connectivity index (χ4v) is 4.82. The molecule has 4 aromatic rings. The number of methoxy groups -OCH3 is 1. The Balaban J connectivity index is 1.41. The molecular formula is C22H22N4O2S2. The van der Waals surface area contributed by atoms with Gasteiger partial charge in [0.05, 0.1) is 23.0 Å². The molecule has 2 aromatic heterocycles. The number of amides is 1. The van der Waals surface area contributed by atoms with Crippen LogP contribution in [0, 0.1) is 6.92 Å². The van der Waals surface area contributed by atoms with Gasteiger partial charge in [0.15, 0.2) is 0 Å². The van der Waals surface area contributed by atoms with Gasteiger partial charge in [-0.1, -0.05) is 29.5 Å². The minimum absolute atomic E-state index is 0.0207. The number of hydrogen-bond acceptors (Lipinski definition) is 6. The quantitative estimate of drug-likeness (QED) is 0.298. The van der Waals surface area contributed by atoms with Crippen LogP contribution < -0.4 is 10.1 Å². The van der Waals surface area contributed by atoms with Crippen LogP contribution >= 0.6 is 23.1 Å². The summed E-state index contributed by atoms with van der Waals surface area (Å²) in [5.74, 6) is 2.30. The predicted octanol–water partition coefficient (Wildman–Crippen LogP) is 5.31. The monoisotopic (exact) mass is 438 g/mol. The third-order valence-corrected chi connectivity index (χ3v) is 6.52. The van der Waals surface area contributed by atoms with Gasteiger partial charge in [0.1, 0.15) is 11.6 Å². The molecule has 0 bridgehead atoms. The van der Waals surface area contributed by atoms with E-state index in [0.29, 0.717) is 17.4 Å². The van der Waals surface area contributed by atoms with Crippen molar-refractivity contribution in [3.63, 3.8) is 0 Å². The zero-order valence-electron chi connectivity index (χ0n) is 16.8. The summed E-state index contributed by atoms with van der Waals surface area (Å²) in [4.78, 5) is 18.4. The van der Waals surface area contributed by atoms with E-state index in [-0.39, 0.29) is 5.91 Å². The molecule has 0 aliphatic heterocycles. The first-order valence-electron chi connectivity index (χ1n) is 9.62. The second kappa shape index (κ2) is 9.32. The first-order valence-corrected chi connectivity index (χ1v) is 11.4. The van der Waals surface area contributed by atoms with Crippen molar-refractivity contribution in [2.75, 3.05) is 18.2 Å². The van der Waals surface area contributed by atoms with Gasteiger partial charge in [-0.25, -0.2) is 4.98 Å². The summed E-state index contributed by atoms with van der Waals surface area (Å²) in [6.07, 6.45) is 1.26. The first-order chi connectivity index (χ1) is 14.6. The van der Waals surface area contributed by atoms with E-state index < -0.39 is 0 Å². The molecular weight excluding hydrogens is 416 g/mol. The number of anilines is 1. The lowest BCUT2D eigenvalue weighted by molar-refractivity contribution is -0.116. The van der Waals surface area contributed by atoms with Gasteiger partial charge in [-0.05, 0) is 49.4 Å². The molecule has 0 aliphatic carbocycles. The Morgan fingerprint density at radius 3 is 2.83 bits per heavy atom. The number of fused-ring (bicyclic) bond motifs is 1. The summed E-state index contributed by atoms with van der Waals surface area (Å²) in [5, 5.41) is 8.22. The molecule has 6 nitrogen and oxygen atoms in total. The maximum absolute atomic E-state index is 12.5. The second-order valence-electron chi connectivity index (χ2n) is 6.73. The standard InChI is InChI=1S/C22H22N4O2S2/c1-15-13-20(24-21(27)9-6-12-29-17-7-4-3-5-8-17)26(25-15)22-23-18-11-10-16(28-2)14-19(18)30-22/h3-5,7-8,10-11,13-14H,6,9,12H2,1-2H3,(H,24,27). The zero-order chi connectivity index (χ0) is 20.9. The van der Waals surface area contributed by atoms with Crippen molar-refractivity contribution in [1.82, 2.24) is 14.8 Å². The van der Waals surface area contributed by atoms with E-state index >= 15 is 0 Å². The van der Waals surface area contributed by atoms with Crippen LogP contribution in [-0.2, 0) is 4.79 Å². The molecule has 0 spiro atoms. The Morgan fingerprint density at radius 1 is 1.20 bits per heavy atom. The van der Waals surface area contributed by atoms with Crippen LogP contribution in [0.3, 0.4) is 0 Å². The molecule has 0 saturated heterocycles. The molecule has 1 N–H and O–H groups in total. The van der Waals surface area contributed by atoms with Crippen molar-refractivity contribution < 1.29 is 9.53 Å². The molecule has 2 heterocycles. The highest BCUT2D eigenvalue weighted by atomic mass is 32.2. The number of aromatic nitrogens is 3. The van der Waals surface area contributed by atoms with Crippen LogP contribution in [0.1, 0.15) is 18.5 Å². The van der Waals surface area contributed by atoms with Crippen LogP contribution in [-0.4, -0.2) is 33.5 Å². The number of carbonyl (C=O) groups excluding carboxylic acids is 1. The van der Waals surface area contributed by atoms with Gasteiger partial charge in [0.2, 0.25) is 11.0 Å². The van der Waals surface area contributed by atoms with Crippen molar-refractivity contribution in [2.24, 2.45) is 0 Å². The molecule has 0 radical (unpaired) electrons. The number of hydrogen-bond donors (Lipinski definition) is 1. The van der Waals surface area contributed by atoms with E-state index in [4.69, 9.17) is 4.74 Å². The molecule has 0 fully saturated rings. The highest BCUT2D eigenvalue weighted by molar-refractivity contribution is 7.99. The summed E-state index contributed by atoms with van der Waals surface area (Å²) in [6, 6.07) is 17.8. The normalized spacial score (nSPS) is 11.0. The summed E-state index contributed by atoms with van der Waals surface area (Å²) in [5.41, 5.74) is 1.70. The number of rotatable bonds is 8. The minimum Gasteiger partial charge on any atom is -0.497 e. The fraction of sp³-hybridized carbons (Fsp3) is 0.227. The summed E-state index contributed by atoms with van der Waals surface area (Å²) >= 11 is 3.27. The second-order valence-corrected chi connectivity index (χ2v) is 8.90. The summed E-state index contributed by atoms with van der Waals surface area (Å²) < 4.78 is 8.00. The number of nitrogens with one attached hydrogen (secondary N) is 1. The van der Waals surface area contributed by atoms with Crippen LogP contribution in [0.25, 0.3) is 15.3 Å². The van der Waals surface area contributed by atoms with E-state index in [0.717, 1.165) is 33.8 Å². The Morgan fingerprint density at radius 2 is 2.03 bits per heavy atom. The van der Waals surface area contributed by atoms with Gasteiger partial charge >= 0.3 is 0 Å². The molecule has 8 heteroatoms. The van der Waals surface area contributed by atoms with Crippen LogP contribution in [0.15, 0.2) is 59.5 Å².